The molecule has 17 heavy (non-hydrogen) atoms. The minimum atomic E-state index is -0.714. The Morgan fingerprint density at radius 1 is 1.47 bits per heavy atom. The van der Waals surface area contributed by atoms with E-state index in [0.29, 0.717) is 18.7 Å². The number of aromatic amines is 1. The van der Waals surface area contributed by atoms with E-state index < -0.39 is 11.2 Å². The number of H-pyrrole nitrogens is 1. The first-order valence-electron chi connectivity index (χ1n) is 4.86. The van der Waals surface area contributed by atoms with Gasteiger partial charge in [-0.1, -0.05) is 6.08 Å². The molecular weight excluding hydrogens is 224 g/mol. The third-order valence-corrected chi connectivity index (χ3v) is 2.42. The van der Waals surface area contributed by atoms with Crippen molar-refractivity contribution in [1.82, 2.24) is 19.1 Å². The van der Waals surface area contributed by atoms with Gasteiger partial charge in [-0.2, -0.15) is 0 Å². The molecule has 7 nitrogen and oxygen atoms in total. The van der Waals surface area contributed by atoms with Crippen LogP contribution in [0.25, 0.3) is 11.2 Å². The number of hydrogen-bond acceptors (Lipinski definition) is 4. The molecule has 2 heterocycles. The molecule has 0 aliphatic carbocycles. The summed E-state index contributed by atoms with van der Waals surface area (Å²) >= 11 is 0. The number of aromatic nitrogens is 4. The summed E-state index contributed by atoms with van der Waals surface area (Å²) in [7, 11) is 1.30. The van der Waals surface area contributed by atoms with Crippen molar-refractivity contribution in [2.24, 2.45) is 7.05 Å². The van der Waals surface area contributed by atoms with Crippen molar-refractivity contribution >= 4 is 17.6 Å². The van der Waals surface area contributed by atoms with Crippen molar-refractivity contribution in [2.45, 2.75) is 6.42 Å². The molecule has 0 unspecified atom stereocenters. The Bertz CT molecular complexity index is 719. The summed E-state index contributed by atoms with van der Waals surface area (Å²) < 4.78 is 1.65. The van der Waals surface area contributed by atoms with Gasteiger partial charge in [-0.25, -0.2) is 14.3 Å². The molecule has 0 aliphatic rings. The van der Waals surface area contributed by atoms with E-state index in [0.717, 1.165) is 9.13 Å². The highest BCUT2D eigenvalue weighted by molar-refractivity contribution is 5.76. The molecule has 2 rings (SSSR count). The largest absolute Gasteiger partial charge is 0.339 e. The summed E-state index contributed by atoms with van der Waals surface area (Å²) in [6.45, 7) is 3.54. The predicted molar refractivity (Wildman–Crippen MR) is 61.6 cm³/mol. The first-order valence-corrected chi connectivity index (χ1v) is 4.86. The van der Waals surface area contributed by atoms with Gasteiger partial charge in [0.25, 0.3) is 5.56 Å². The fraction of sp³-hybridized carbons (Fsp3) is 0.200. The molecule has 0 saturated carbocycles. The molecule has 2 aromatic rings. The first-order chi connectivity index (χ1) is 8.10. The van der Waals surface area contributed by atoms with Gasteiger partial charge in [-0.15, -0.1) is 6.58 Å². The van der Waals surface area contributed by atoms with E-state index in [9.17, 15) is 14.4 Å². The number of imidazole rings is 1. The SMILES string of the molecule is C=CCc1nc2c([nH]1)c(=O)n(C)c(=O)n2C=O. The number of carbonyl (C=O) groups is 1. The Morgan fingerprint density at radius 2 is 2.18 bits per heavy atom. The number of hydrogen-bond donors (Lipinski definition) is 1. The second-order valence-electron chi connectivity index (χ2n) is 3.50. The fourth-order valence-corrected chi connectivity index (χ4v) is 1.57. The van der Waals surface area contributed by atoms with Crippen molar-refractivity contribution in [2.75, 3.05) is 0 Å². The highest BCUT2D eigenvalue weighted by Gasteiger charge is 2.14. The van der Waals surface area contributed by atoms with Gasteiger partial charge in [0, 0.05) is 13.5 Å². The number of allylic oxidation sites excluding steroid dienone is 1. The summed E-state index contributed by atoms with van der Waals surface area (Å²) in [5.41, 5.74) is -1.04. The second-order valence-corrected chi connectivity index (χ2v) is 3.50. The number of fused-ring (bicyclic) bond motifs is 1. The zero-order valence-electron chi connectivity index (χ0n) is 9.14. The van der Waals surface area contributed by atoms with Crippen molar-refractivity contribution in [3.8, 4) is 0 Å². The molecule has 0 fully saturated rings. The van der Waals surface area contributed by atoms with Crippen molar-refractivity contribution < 1.29 is 4.79 Å². The predicted octanol–water partition coefficient (Wildman–Crippen LogP) is -0.810. The maximum Gasteiger partial charge on any atom is 0.339 e. The van der Waals surface area contributed by atoms with Crippen molar-refractivity contribution in [3.63, 3.8) is 0 Å². The molecule has 2 aromatic heterocycles. The van der Waals surface area contributed by atoms with E-state index in [1.54, 1.807) is 6.08 Å². The van der Waals surface area contributed by atoms with E-state index in [2.05, 4.69) is 16.5 Å². The molecule has 0 saturated heterocycles. The summed E-state index contributed by atoms with van der Waals surface area (Å²) in [5.74, 6) is 0.480. The smallest absolute Gasteiger partial charge is 0.336 e. The molecular formula is C10H10N4O3. The molecule has 0 spiro atoms. The Hall–Kier alpha value is -2.44. The molecule has 0 aromatic carbocycles. The number of rotatable bonds is 3. The Kier molecular flexibility index (Phi) is 2.51. The molecule has 7 heteroatoms. The van der Waals surface area contributed by atoms with E-state index in [1.165, 1.54) is 7.05 Å². The lowest BCUT2D eigenvalue weighted by Crippen LogP contribution is -2.38. The van der Waals surface area contributed by atoms with Gasteiger partial charge < -0.3 is 4.98 Å². The van der Waals surface area contributed by atoms with Gasteiger partial charge in [0.2, 0.25) is 6.41 Å². The van der Waals surface area contributed by atoms with E-state index in [4.69, 9.17) is 0 Å². The number of nitrogens with one attached hydrogen (secondary N) is 1. The molecule has 0 radical (unpaired) electrons. The maximum atomic E-state index is 11.8. The zero-order valence-corrected chi connectivity index (χ0v) is 9.14. The van der Waals surface area contributed by atoms with E-state index in [1.807, 2.05) is 0 Å². The highest BCUT2D eigenvalue weighted by atomic mass is 16.2. The molecule has 88 valence electrons. The van der Waals surface area contributed by atoms with Crippen LogP contribution >= 0.6 is 0 Å². The van der Waals surface area contributed by atoms with Crippen LogP contribution in [0.4, 0.5) is 0 Å². The van der Waals surface area contributed by atoms with Crippen LogP contribution in [0.2, 0.25) is 0 Å². The lowest BCUT2D eigenvalue weighted by molar-refractivity contribution is 0.543. The standard InChI is InChI=1S/C10H10N4O3/c1-3-4-6-11-7-8(12-6)14(5-15)10(17)13(2)9(7)16/h3,5H,1,4H2,2H3,(H,11,12). The number of nitrogens with zero attached hydrogens (tertiary/aromatic N) is 3. The lowest BCUT2D eigenvalue weighted by atomic mass is 10.4. The summed E-state index contributed by atoms with van der Waals surface area (Å²) in [5, 5.41) is 0. The normalized spacial score (nSPS) is 10.6. The topological polar surface area (TPSA) is 89.8 Å². The van der Waals surface area contributed by atoms with Crippen LogP contribution in [-0.4, -0.2) is 25.5 Å². The van der Waals surface area contributed by atoms with Crippen LogP contribution in [0.3, 0.4) is 0 Å². The molecule has 0 atom stereocenters. The minimum absolute atomic E-state index is 0.0463. The third-order valence-electron chi connectivity index (χ3n) is 2.42. The fourth-order valence-electron chi connectivity index (χ4n) is 1.57. The van der Waals surface area contributed by atoms with Gasteiger partial charge in [0.1, 0.15) is 5.82 Å². The monoisotopic (exact) mass is 234 g/mol. The Labute approximate surface area is 95.0 Å². The Morgan fingerprint density at radius 3 is 2.76 bits per heavy atom. The zero-order chi connectivity index (χ0) is 12.6. The first kappa shape index (κ1) is 11.1. The van der Waals surface area contributed by atoms with Gasteiger partial charge in [0.15, 0.2) is 11.2 Å². The van der Waals surface area contributed by atoms with Crippen LogP contribution in [0, 0.1) is 0 Å². The van der Waals surface area contributed by atoms with E-state index in [-0.39, 0.29) is 11.2 Å². The summed E-state index contributed by atoms with van der Waals surface area (Å²) in [6.07, 6.45) is 2.36. The van der Waals surface area contributed by atoms with Crippen LogP contribution in [0.1, 0.15) is 5.82 Å². The average molecular weight is 234 g/mol. The summed E-state index contributed by atoms with van der Waals surface area (Å²) in [4.78, 5) is 41.0. The van der Waals surface area contributed by atoms with Crippen LogP contribution in [-0.2, 0) is 18.3 Å². The average Bonchev–Trinajstić information content (AvgIpc) is 2.71. The maximum absolute atomic E-state index is 11.8. The molecule has 0 amide bonds. The van der Waals surface area contributed by atoms with Gasteiger partial charge in [-0.3, -0.25) is 14.2 Å². The summed E-state index contributed by atoms with van der Waals surface area (Å²) in [6, 6.07) is 0. The van der Waals surface area contributed by atoms with Crippen LogP contribution in [0.5, 0.6) is 0 Å². The minimum Gasteiger partial charge on any atom is -0.336 e. The van der Waals surface area contributed by atoms with Crippen LogP contribution in [0.15, 0.2) is 22.2 Å². The lowest BCUT2D eigenvalue weighted by Gasteiger charge is -1.99. The molecule has 1 N–H and O–H groups in total. The van der Waals surface area contributed by atoms with Crippen molar-refractivity contribution in [1.29, 1.82) is 0 Å². The van der Waals surface area contributed by atoms with E-state index >= 15 is 0 Å². The second kappa shape index (κ2) is 3.85. The third kappa shape index (κ3) is 1.52. The van der Waals surface area contributed by atoms with Gasteiger partial charge in [0.05, 0.1) is 0 Å². The molecule has 0 aliphatic heterocycles. The molecule has 0 bridgehead atoms. The van der Waals surface area contributed by atoms with Gasteiger partial charge in [-0.05, 0) is 0 Å². The quantitative estimate of drug-likeness (QED) is 0.555. The van der Waals surface area contributed by atoms with Gasteiger partial charge >= 0.3 is 5.69 Å². The number of carbonyl (C=O) groups excluding carboxylic acids is 1. The Balaban J connectivity index is 2.96. The van der Waals surface area contributed by atoms with Crippen molar-refractivity contribution in [3.05, 3.63) is 39.3 Å². The highest BCUT2D eigenvalue weighted by Crippen LogP contribution is 2.04. The van der Waals surface area contributed by atoms with Crippen LogP contribution < -0.4 is 11.2 Å².